The summed E-state index contributed by atoms with van der Waals surface area (Å²) in [6.07, 6.45) is -3.43. The molecule has 3 rings (SSSR count). The summed E-state index contributed by atoms with van der Waals surface area (Å²) in [5, 5.41) is 135. The van der Waals surface area contributed by atoms with Crippen molar-refractivity contribution in [1.82, 2.24) is 31.9 Å². The van der Waals surface area contributed by atoms with Crippen LogP contribution in [0.15, 0.2) is 0 Å². The van der Waals surface area contributed by atoms with Crippen LogP contribution in [0.25, 0.3) is 0 Å². The van der Waals surface area contributed by atoms with Gasteiger partial charge < -0.3 is 145 Å². The number of carbonyl (C=O) groups excluding carboxylic acids is 8. The first-order valence-corrected chi connectivity index (χ1v) is 44.5. The molecule has 3 aliphatic heterocycles. The Kier molecular flexibility index (Phi) is 57.1. The van der Waals surface area contributed by atoms with E-state index in [1.54, 1.807) is 0 Å². The van der Waals surface area contributed by atoms with E-state index in [0.717, 1.165) is 77.0 Å². The average molecular weight is 1720 g/mol. The summed E-state index contributed by atoms with van der Waals surface area (Å²) in [7, 11) is -2.92. The molecule has 38 heteroatoms. The van der Waals surface area contributed by atoms with Crippen molar-refractivity contribution in [2.75, 3.05) is 119 Å². The first-order chi connectivity index (χ1) is 56.4. The van der Waals surface area contributed by atoms with Crippen molar-refractivity contribution in [3.63, 3.8) is 0 Å². The molecule has 0 bridgehead atoms. The fraction of sp³-hybridized carbons (Fsp3) is 0.887. The lowest BCUT2D eigenvalue weighted by Gasteiger charge is -2.39. The highest BCUT2D eigenvalue weighted by Crippen LogP contribution is 2.57. The van der Waals surface area contributed by atoms with Gasteiger partial charge in [0.25, 0.3) is 0 Å². The van der Waals surface area contributed by atoms with Crippen molar-refractivity contribution in [3.8, 4) is 0 Å². The van der Waals surface area contributed by atoms with Gasteiger partial charge in [0.2, 0.25) is 35.4 Å². The van der Waals surface area contributed by atoms with Gasteiger partial charge in [-0.15, -0.1) is 0 Å². The predicted molar refractivity (Wildman–Crippen MR) is 429 cm³/mol. The summed E-state index contributed by atoms with van der Waals surface area (Å²) in [5.41, 5.74) is -1.40. The molecule has 6 amide bonds. The van der Waals surface area contributed by atoms with Crippen LogP contribution in [0.3, 0.4) is 0 Å². The van der Waals surface area contributed by atoms with Crippen LogP contribution in [0.5, 0.6) is 0 Å². The molecule has 16 atom stereocenters. The van der Waals surface area contributed by atoms with Gasteiger partial charge in [0.15, 0.2) is 18.9 Å². The quantitative estimate of drug-likeness (QED) is 0.0228. The van der Waals surface area contributed by atoms with Gasteiger partial charge in [-0.05, 0) is 89.9 Å². The van der Waals surface area contributed by atoms with Gasteiger partial charge in [0, 0.05) is 122 Å². The van der Waals surface area contributed by atoms with Gasteiger partial charge in [0.05, 0.1) is 73.4 Å². The first-order valence-electron chi connectivity index (χ1n) is 42.7. The average Bonchev–Trinajstić information content (AvgIpc) is 0.729. The van der Waals surface area contributed by atoms with Crippen LogP contribution < -0.4 is 31.9 Å². The minimum atomic E-state index is -2.92. The largest absolute Gasteiger partial charge is 0.394 e. The highest BCUT2D eigenvalue weighted by molar-refractivity contribution is 7.61. The standard InChI is InChI=1S/C80H146N6O31P/c1-79(2,3)118(4,107)114-46-22-13-9-11-15-29-56(90)28-14-10-7-5-6-8-12-16-34-66(97)86-80(53-108-47-35-63(94)81-38-21-17-30-57(91)31-18-23-43-111-76-73(104)70(101)67(98)58(50-87)115-76,54-109-48-36-64(95)84-41-26-39-82-61(92)32-19-24-44-112-77-74(105)71(102)68(99)59(51-88)116-77)55-110-49-37-65(96)85-42-27-40-83-62(93)33-20-25-45-113-78-75(106)72(103)69(100)60(52-89)117-78/h58-60,67-78,87-89,98-106H,4-55H2,1-3H3,(H,81,94)(H,82,92)(H,83,93)(H,84,95)(H,85,96)(H,86,97)/q-1/t58?,59?,60?,67-,68-,69-,70+,71+,72+,73?,74?,75?,76-,77-,78-,80?,118?/m1/s1. The lowest BCUT2D eigenvalue weighted by molar-refractivity contribution is -0.301. The molecular formula is C80H146N6O31P-. The number of hydrogen-bond acceptors (Lipinski definition) is 31. The Morgan fingerprint density at radius 2 is 0.585 bits per heavy atom. The van der Waals surface area contributed by atoms with E-state index in [1.807, 2.05) is 20.8 Å². The van der Waals surface area contributed by atoms with E-state index in [0.29, 0.717) is 90.1 Å². The molecule has 0 aliphatic carbocycles. The summed E-state index contributed by atoms with van der Waals surface area (Å²) in [6.45, 7) is 8.46. The third kappa shape index (κ3) is 45.8. The van der Waals surface area contributed by atoms with Gasteiger partial charge in [0.1, 0.15) is 90.4 Å². The Labute approximate surface area is 695 Å². The Bertz CT molecular complexity index is 2600. The van der Waals surface area contributed by atoms with Gasteiger partial charge in [-0.1, -0.05) is 78.6 Å². The van der Waals surface area contributed by atoms with E-state index >= 15 is 0 Å². The van der Waals surface area contributed by atoms with E-state index in [1.165, 1.54) is 0 Å². The highest BCUT2D eigenvalue weighted by Gasteiger charge is 2.47. The van der Waals surface area contributed by atoms with Gasteiger partial charge >= 0.3 is 0 Å². The maximum absolute atomic E-state index is 14.0. The van der Waals surface area contributed by atoms with Crippen molar-refractivity contribution >= 4 is 54.4 Å². The summed E-state index contributed by atoms with van der Waals surface area (Å²) >= 11 is 0. The molecule has 18 N–H and O–H groups in total. The van der Waals surface area contributed by atoms with E-state index in [4.69, 9.17) is 47.2 Å². The third-order valence-electron chi connectivity index (χ3n) is 20.5. The molecule has 3 heterocycles. The van der Waals surface area contributed by atoms with E-state index < -0.39 is 130 Å². The zero-order chi connectivity index (χ0) is 87.2. The number of ketones is 2. The number of hydrogen-bond donors (Lipinski definition) is 18. The Hall–Kier alpha value is -4.49. The second-order valence-electron chi connectivity index (χ2n) is 31.8. The number of amides is 6. The molecule has 0 aromatic rings. The maximum atomic E-state index is 14.0. The molecule has 0 spiro atoms. The van der Waals surface area contributed by atoms with Crippen molar-refractivity contribution in [3.05, 3.63) is 6.66 Å². The predicted octanol–water partition coefficient (Wildman–Crippen LogP) is 0.818. The van der Waals surface area contributed by atoms with Crippen LogP contribution in [-0.2, 0) is 90.1 Å². The summed E-state index contributed by atoms with van der Waals surface area (Å²) in [4.78, 5) is 104. The second kappa shape index (κ2) is 62.6. The molecule has 0 aromatic heterocycles. The van der Waals surface area contributed by atoms with Gasteiger partial charge in [-0.2, -0.15) is 0 Å². The number of aliphatic hydroxyl groups is 12. The number of aliphatic hydroxyl groups excluding tert-OH is 12. The Morgan fingerprint density at radius 3 is 0.915 bits per heavy atom. The number of rotatable bonds is 70. The van der Waals surface area contributed by atoms with Crippen LogP contribution in [-0.4, -0.2) is 330 Å². The van der Waals surface area contributed by atoms with E-state index in [-0.39, 0.29) is 191 Å². The fourth-order valence-corrected chi connectivity index (χ4v) is 13.6. The minimum absolute atomic E-state index is 0.00430. The Morgan fingerprint density at radius 1 is 0.322 bits per heavy atom. The molecule has 688 valence electrons. The SMILES string of the molecule is [CH2-]P(=O)(OCCCCCCCC(=O)CCCCCCCCCCC(=O)NC(COCCC(=O)NCCCCC(=O)CCCCO[C@@H]1OC(CO)[C@@H](O)[C@H](O)C1O)(COCCC(=O)NCCCNC(=O)CCCCO[C@@H]1OC(CO)[C@@H](O)[C@H](O)C1O)COCCC(=O)NCCCNC(=O)CCCCO[C@@H]1OC(CO)[C@@H](O)[C@H](O)C1O)C(C)(C)C. The third-order valence-corrected chi connectivity index (χ3v) is 23.2. The molecular weight excluding hydrogens is 1570 g/mol. The fourth-order valence-electron chi connectivity index (χ4n) is 12.8. The second-order valence-corrected chi connectivity index (χ2v) is 34.8. The smallest absolute Gasteiger partial charge is 0.222 e. The van der Waals surface area contributed by atoms with Crippen molar-refractivity contribution in [2.24, 2.45) is 0 Å². The van der Waals surface area contributed by atoms with Crippen molar-refractivity contribution < 1.29 is 151 Å². The number of unbranched alkanes of at least 4 members (excludes halogenated alkanes) is 15. The monoisotopic (exact) mass is 1720 g/mol. The van der Waals surface area contributed by atoms with Crippen molar-refractivity contribution in [2.45, 2.75) is 335 Å². The van der Waals surface area contributed by atoms with Crippen LogP contribution >= 0.6 is 7.37 Å². The minimum Gasteiger partial charge on any atom is -0.394 e. The summed E-state index contributed by atoms with van der Waals surface area (Å²) in [6, 6.07) is 0. The lowest BCUT2D eigenvalue weighted by Crippen LogP contribution is -2.59. The van der Waals surface area contributed by atoms with Crippen LogP contribution in [0.2, 0.25) is 0 Å². The highest BCUT2D eigenvalue weighted by atomic mass is 31.2. The molecule has 3 fully saturated rings. The van der Waals surface area contributed by atoms with Crippen molar-refractivity contribution in [1.29, 1.82) is 0 Å². The number of Topliss-reactive ketones (excluding diaryl/α,β-unsaturated/α-hetero) is 2. The van der Waals surface area contributed by atoms with Crippen LogP contribution in [0, 0.1) is 6.66 Å². The molecule has 0 saturated carbocycles. The van der Waals surface area contributed by atoms with Gasteiger partial charge in [-0.25, -0.2) is 0 Å². The topological polar surface area (TPSA) is 561 Å². The number of ether oxygens (including phenoxy) is 9. The van der Waals surface area contributed by atoms with E-state index in [9.17, 15) is 104 Å². The summed E-state index contributed by atoms with van der Waals surface area (Å²) < 4.78 is 69.1. The lowest BCUT2D eigenvalue weighted by atomic mass is 9.99. The zero-order valence-electron chi connectivity index (χ0n) is 70.0. The molecule has 7 unspecified atom stereocenters. The maximum Gasteiger partial charge on any atom is 0.222 e. The molecule has 3 aliphatic rings. The molecule has 37 nitrogen and oxygen atoms in total. The normalized spacial score (nSPS) is 24.5. The first kappa shape index (κ1) is 108. The number of nitrogens with one attached hydrogen (secondary N) is 6. The summed E-state index contributed by atoms with van der Waals surface area (Å²) in [5.74, 6) is -1.61. The van der Waals surface area contributed by atoms with Gasteiger partial charge in [-0.3, -0.25) is 45.0 Å². The zero-order valence-corrected chi connectivity index (χ0v) is 70.9. The molecule has 0 aromatic carbocycles. The molecule has 3 saturated heterocycles. The number of carbonyl (C=O) groups is 8. The molecule has 118 heavy (non-hydrogen) atoms. The van der Waals surface area contributed by atoms with Crippen LogP contribution in [0.4, 0.5) is 0 Å². The van der Waals surface area contributed by atoms with E-state index in [2.05, 4.69) is 38.6 Å². The van der Waals surface area contributed by atoms with Crippen LogP contribution in [0.1, 0.15) is 233 Å². The Balaban J connectivity index is 1.54. The molecule has 0 radical (unpaired) electrons.